The van der Waals surface area contributed by atoms with E-state index in [1.165, 1.54) is 44.9 Å². The summed E-state index contributed by atoms with van der Waals surface area (Å²) < 4.78 is 0. The average Bonchev–Trinajstić information content (AvgIpc) is 3.49. The van der Waals surface area contributed by atoms with Gasteiger partial charge in [0.25, 0.3) is 0 Å². The van der Waals surface area contributed by atoms with Crippen molar-refractivity contribution in [2.45, 2.75) is 103 Å². The molecule has 7 atom stereocenters. The summed E-state index contributed by atoms with van der Waals surface area (Å²) in [5.41, 5.74) is 3.72. The molecule has 30 heavy (non-hydrogen) atoms. The molecule has 4 aliphatic rings. The smallest absolute Gasteiger partial charge is 0.0811 e. The standard InChI is InChI=1S/C27H42O3/c1-17(6-13-25(29)20-8-9-20)23-11-12-24-19(5-4-14-27(23,24)3)7-10-21-15-22(28)16-26(30)18(21)2/h7,10,17,20,22-26,28-30H,2,4-6,8-9,11-16H2,1,3H3/b19-7?,21-10-/t17-,22-,23-,24+,25+,26+,27-/m1/s1. The largest absolute Gasteiger partial charge is 0.393 e. The van der Waals surface area contributed by atoms with Gasteiger partial charge < -0.3 is 15.3 Å². The molecule has 0 aliphatic heterocycles. The SMILES string of the molecule is C=C1/C(=C\C=C2CCC[C@]3(C)[C@@H]([C@H](C)CC[C@H](O)C4CC4)CC[C@@H]23)C[C@@H](O)C[C@@H]1O. The van der Waals surface area contributed by atoms with Crippen molar-refractivity contribution in [3.63, 3.8) is 0 Å². The topological polar surface area (TPSA) is 60.7 Å². The molecule has 0 amide bonds. The van der Waals surface area contributed by atoms with Crippen LogP contribution in [0.2, 0.25) is 0 Å². The quantitative estimate of drug-likeness (QED) is 0.552. The Balaban J connectivity index is 1.44. The van der Waals surface area contributed by atoms with Gasteiger partial charge in [0.1, 0.15) is 0 Å². The van der Waals surface area contributed by atoms with Gasteiger partial charge in [-0.05, 0) is 104 Å². The first-order valence-corrected chi connectivity index (χ1v) is 12.4. The monoisotopic (exact) mass is 414 g/mol. The lowest BCUT2D eigenvalue weighted by Crippen LogP contribution is -2.36. The van der Waals surface area contributed by atoms with Gasteiger partial charge >= 0.3 is 0 Å². The minimum absolute atomic E-state index is 0.0693. The molecule has 3 heteroatoms. The highest BCUT2D eigenvalue weighted by atomic mass is 16.3. The van der Waals surface area contributed by atoms with Gasteiger partial charge in [-0.3, -0.25) is 0 Å². The first-order chi connectivity index (χ1) is 14.3. The van der Waals surface area contributed by atoms with E-state index in [9.17, 15) is 15.3 Å². The summed E-state index contributed by atoms with van der Waals surface area (Å²) in [6.07, 6.45) is 15.2. The summed E-state index contributed by atoms with van der Waals surface area (Å²) in [5, 5.41) is 30.5. The zero-order valence-electron chi connectivity index (χ0n) is 19.0. The molecule has 4 fully saturated rings. The summed E-state index contributed by atoms with van der Waals surface area (Å²) in [6.45, 7) is 9.01. The molecular weight excluding hydrogens is 372 g/mol. The predicted molar refractivity (Wildman–Crippen MR) is 122 cm³/mol. The van der Waals surface area contributed by atoms with E-state index in [1.807, 2.05) is 0 Å². The van der Waals surface area contributed by atoms with Crippen LogP contribution in [0.1, 0.15) is 84.5 Å². The third-order valence-corrected chi connectivity index (χ3v) is 9.07. The Labute approximate surface area is 183 Å². The maximum Gasteiger partial charge on any atom is 0.0811 e. The van der Waals surface area contributed by atoms with E-state index in [-0.39, 0.29) is 6.10 Å². The number of hydrogen-bond donors (Lipinski definition) is 3. The molecule has 168 valence electrons. The van der Waals surface area contributed by atoms with Crippen molar-refractivity contribution in [1.29, 1.82) is 0 Å². The summed E-state index contributed by atoms with van der Waals surface area (Å²) in [5.74, 6) is 2.66. The Bertz CT molecular complexity index is 703. The second kappa shape index (κ2) is 8.92. The van der Waals surface area contributed by atoms with Gasteiger partial charge in [-0.1, -0.05) is 38.2 Å². The van der Waals surface area contributed by atoms with Gasteiger partial charge in [-0.2, -0.15) is 0 Å². The Kier molecular flexibility index (Phi) is 6.63. The molecule has 0 unspecified atom stereocenters. The van der Waals surface area contributed by atoms with Gasteiger partial charge in [0, 0.05) is 6.42 Å². The van der Waals surface area contributed by atoms with Crippen LogP contribution in [-0.4, -0.2) is 33.6 Å². The third kappa shape index (κ3) is 4.49. The summed E-state index contributed by atoms with van der Waals surface area (Å²) >= 11 is 0. The Morgan fingerprint density at radius 2 is 1.90 bits per heavy atom. The molecule has 4 saturated carbocycles. The fourth-order valence-corrected chi connectivity index (χ4v) is 7.03. The number of fused-ring (bicyclic) bond motifs is 1. The van der Waals surface area contributed by atoms with E-state index < -0.39 is 12.2 Å². The number of hydrogen-bond acceptors (Lipinski definition) is 3. The highest BCUT2D eigenvalue weighted by Crippen LogP contribution is 2.60. The Hall–Kier alpha value is -0.900. The molecule has 4 aliphatic carbocycles. The fourth-order valence-electron chi connectivity index (χ4n) is 7.03. The molecule has 0 saturated heterocycles. The van der Waals surface area contributed by atoms with Gasteiger partial charge in [0.15, 0.2) is 0 Å². The molecule has 0 radical (unpaired) electrons. The minimum Gasteiger partial charge on any atom is -0.393 e. The average molecular weight is 415 g/mol. The van der Waals surface area contributed by atoms with Crippen LogP contribution in [-0.2, 0) is 0 Å². The summed E-state index contributed by atoms with van der Waals surface area (Å²) in [4.78, 5) is 0. The van der Waals surface area contributed by atoms with Gasteiger partial charge in [0.05, 0.1) is 18.3 Å². The lowest BCUT2D eigenvalue weighted by molar-refractivity contribution is 0.0784. The second-order valence-corrected chi connectivity index (χ2v) is 11.1. The van der Waals surface area contributed by atoms with Crippen LogP contribution in [0, 0.1) is 29.1 Å². The van der Waals surface area contributed by atoms with E-state index in [0.717, 1.165) is 29.9 Å². The van der Waals surface area contributed by atoms with Crippen molar-refractivity contribution in [2.24, 2.45) is 29.1 Å². The zero-order chi connectivity index (χ0) is 21.5. The number of allylic oxidation sites excluding steroid dienone is 3. The zero-order valence-corrected chi connectivity index (χ0v) is 19.0. The van der Waals surface area contributed by atoms with Crippen LogP contribution in [0.5, 0.6) is 0 Å². The molecule has 0 aromatic heterocycles. The van der Waals surface area contributed by atoms with Gasteiger partial charge in [-0.15, -0.1) is 0 Å². The lowest BCUT2D eigenvalue weighted by atomic mass is 9.60. The Morgan fingerprint density at radius 3 is 2.63 bits per heavy atom. The van der Waals surface area contributed by atoms with E-state index in [2.05, 4.69) is 32.6 Å². The number of aliphatic hydroxyl groups is 3. The molecule has 0 spiro atoms. The summed E-state index contributed by atoms with van der Waals surface area (Å²) in [7, 11) is 0. The maximum atomic E-state index is 10.3. The van der Waals surface area contributed by atoms with Gasteiger partial charge in [0.2, 0.25) is 0 Å². The van der Waals surface area contributed by atoms with Crippen molar-refractivity contribution in [1.82, 2.24) is 0 Å². The van der Waals surface area contributed by atoms with E-state index in [0.29, 0.717) is 36.0 Å². The highest BCUT2D eigenvalue weighted by Gasteiger charge is 2.50. The van der Waals surface area contributed by atoms with Crippen LogP contribution in [0.3, 0.4) is 0 Å². The predicted octanol–water partition coefficient (Wildman–Crippen LogP) is 5.31. The van der Waals surface area contributed by atoms with Crippen molar-refractivity contribution in [3.8, 4) is 0 Å². The van der Waals surface area contributed by atoms with Crippen LogP contribution < -0.4 is 0 Å². The van der Waals surface area contributed by atoms with Gasteiger partial charge in [-0.25, -0.2) is 0 Å². The van der Waals surface area contributed by atoms with Crippen molar-refractivity contribution >= 4 is 0 Å². The molecule has 0 aromatic rings. The summed E-state index contributed by atoms with van der Waals surface area (Å²) in [6, 6.07) is 0. The van der Waals surface area contributed by atoms with E-state index in [1.54, 1.807) is 5.57 Å². The minimum atomic E-state index is -0.613. The van der Waals surface area contributed by atoms with Crippen molar-refractivity contribution in [3.05, 3.63) is 35.5 Å². The highest BCUT2D eigenvalue weighted by molar-refractivity contribution is 5.38. The fraction of sp³-hybridized carbons (Fsp3) is 0.778. The van der Waals surface area contributed by atoms with Crippen LogP contribution >= 0.6 is 0 Å². The molecular formula is C27H42O3. The van der Waals surface area contributed by atoms with E-state index in [4.69, 9.17) is 0 Å². The van der Waals surface area contributed by atoms with Crippen molar-refractivity contribution in [2.75, 3.05) is 0 Å². The first kappa shape index (κ1) is 22.3. The maximum absolute atomic E-state index is 10.3. The molecule has 0 aromatic carbocycles. The molecule has 3 nitrogen and oxygen atoms in total. The molecule has 4 rings (SSSR count). The van der Waals surface area contributed by atoms with Crippen LogP contribution in [0.25, 0.3) is 0 Å². The number of aliphatic hydroxyl groups excluding tert-OH is 3. The second-order valence-electron chi connectivity index (χ2n) is 11.1. The Morgan fingerprint density at radius 1 is 1.13 bits per heavy atom. The van der Waals surface area contributed by atoms with Crippen LogP contribution in [0.4, 0.5) is 0 Å². The molecule has 0 heterocycles. The van der Waals surface area contributed by atoms with Crippen LogP contribution in [0.15, 0.2) is 35.5 Å². The van der Waals surface area contributed by atoms with E-state index >= 15 is 0 Å². The first-order valence-electron chi connectivity index (χ1n) is 12.4. The third-order valence-electron chi connectivity index (χ3n) is 9.07. The molecule has 0 bridgehead atoms. The number of rotatable bonds is 6. The van der Waals surface area contributed by atoms with Crippen molar-refractivity contribution < 1.29 is 15.3 Å². The molecule has 3 N–H and O–H groups in total. The lowest BCUT2D eigenvalue weighted by Gasteiger charge is -2.44. The normalized spacial score (nSPS) is 41.8.